The Hall–Kier alpha value is -1.45. The second kappa shape index (κ2) is 5.05. The molecule has 2 rings (SSSR count). The predicted octanol–water partition coefficient (Wildman–Crippen LogP) is 2.44. The molecule has 0 saturated heterocycles. The minimum Gasteiger partial charge on any atom is -0.308 e. The number of halogens is 1. The normalized spacial score (nSPS) is 12.4. The van der Waals surface area contributed by atoms with E-state index >= 15 is 0 Å². The molecule has 0 amide bonds. The second-order valence-corrected chi connectivity index (χ2v) is 3.78. The van der Waals surface area contributed by atoms with E-state index in [-0.39, 0.29) is 6.04 Å². The zero-order valence-corrected chi connectivity index (χ0v) is 9.65. The van der Waals surface area contributed by atoms with Crippen LogP contribution in [0.15, 0.2) is 42.9 Å². The molecular formula is C12H12ClN3. The van der Waals surface area contributed by atoms with Gasteiger partial charge in [0.05, 0.1) is 17.9 Å². The summed E-state index contributed by atoms with van der Waals surface area (Å²) < 4.78 is 0. The summed E-state index contributed by atoms with van der Waals surface area (Å²) in [6.45, 7) is 0. The molecule has 1 N–H and O–H groups in total. The lowest BCUT2D eigenvalue weighted by atomic mass is 10.0. The zero-order valence-electron chi connectivity index (χ0n) is 8.89. The van der Waals surface area contributed by atoms with E-state index in [1.807, 2.05) is 31.3 Å². The van der Waals surface area contributed by atoms with Crippen LogP contribution < -0.4 is 5.32 Å². The van der Waals surface area contributed by atoms with Gasteiger partial charge in [-0.05, 0) is 18.7 Å². The summed E-state index contributed by atoms with van der Waals surface area (Å²) in [6, 6.07) is 7.70. The summed E-state index contributed by atoms with van der Waals surface area (Å²) in [5.41, 5.74) is 1.87. The topological polar surface area (TPSA) is 37.8 Å². The van der Waals surface area contributed by atoms with E-state index in [2.05, 4.69) is 15.3 Å². The highest BCUT2D eigenvalue weighted by Crippen LogP contribution is 2.26. The van der Waals surface area contributed by atoms with E-state index in [4.69, 9.17) is 11.6 Å². The maximum Gasteiger partial charge on any atom is 0.0801 e. The highest BCUT2D eigenvalue weighted by molar-refractivity contribution is 6.31. The van der Waals surface area contributed by atoms with Gasteiger partial charge in [0.2, 0.25) is 0 Å². The van der Waals surface area contributed by atoms with Gasteiger partial charge in [0.15, 0.2) is 0 Å². The second-order valence-electron chi connectivity index (χ2n) is 3.37. The number of nitrogens with zero attached hydrogens (tertiary/aromatic N) is 2. The fourth-order valence-electron chi connectivity index (χ4n) is 1.63. The minimum atomic E-state index is -0.0256. The van der Waals surface area contributed by atoms with E-state index < -0.39 is 0 Å². The Morgan fingerprint density at radius 2 is 2.06 bits per heavy atom. The fourth-order valence-corrected chi connectivity index (χ4v) is 1.88. The molecule has 1 atom stereocenters. The van der Waals surface area contributed by atoms with Crippen LogP contribution in [0.1, 0.15) is 17.3 Å². The lowest BCUT2D eigenvalue weighted by molar-refractivity contribution is 0.667. The Balaban J connectivity index is 2.41. The van der Waals surface area contributed by atoms with Crippen LogP contribution in [0.5, 0.6) is 0 Å². The van der Waals surface area contributed by atoms with Crippen LogP contribution in [0, 0.1) is 0 Å². The molecule has 0 saturated carbocycles. The third kappa shape index (κ3) is 2.21. The Bertz CT molecular complexity index is 459. The maximum absolute atomic E-state index is 6.16. The van der Waals surface area contributed by atoms with E-state index in [0.29, 0.717) is 0 Å². The van der Waals surface area contributed by atoms with Gasteiger partial charge >= 0.3 is 0 Å². The van der Waals surface area contributed by atoms with Crippen LogP contribution in [0.25, 0.3) is 0 Å². The van der Waals surface area contributed by atoms with Crippen LogP contribution in [-0.2, 0) is 0 Å². The molecule has 0 spiro atoms. The highest BCUT2D eigenvalue weighted by Gasteiger charge is 2.15. The van der Waals surface area contributed by atoms with Crippen molar-refractivity contribution in [3.63, 3.8) is 0 Å². The molecule has 16 heavy (non-hydrogen) atoms. The molecule has 0 bridgehead atoms. The summed E-state index contributed by atoms with van der Waals surface area (Å²) >= 11 is 6.16. The molecule has 82 valence electrons. The molecule has 3 nitrogen and oxygen atoms in total. The summed E-state index contributed by atoms with van der Waals surface area (Å²) in [4.78, 5) is 8.35. The molecule has 1 heterocycles. The zero-order chi connectivity index (χ0) is 11.4. The van der Waals surface area contributed by atoms with Gasteiger partial charge in [-0.1, -0.05) is 29.8 Å². The molecule has 1 aromatic heterocycles. The van der Waals surface area contributed by atoms with Gasteiger partial charge in [-0.2, -0.15) is 0 Å². The van der Waals surface area contributed by atoms with Gasteiger partial charge in [0, 0.05) is 17.4 Å². The van der Waals surface area contributed by atoms with Gasteiger partial charge in [-0.25, -0.2) is 0 Å². The van der Waals surface area contributed by atoms with Gasteiger partial charge in [0.1, 0.15) is 0 Å². The van der Waals surface area contributed by atoms with Crippen molar-refractivity contribution < 1.29 is 0 Å². The number of hydrogen-bond donors (Lipinski definition) is 1. The largest absolute Gasteiger partial charge is 0.308 e. The third-order valence-corrected chi connectivity index (χ3v) is 2.73. The summed E-state index contributed by atoms with van der Waals surface area (Å²) in [6.07, 6.45) is 5.07. The molecule has 0 aliphatic rings. The minimum absolute atomic E-state index is 0.0256. The first-order valence-electron chi connectivity index (χ1n) is 5.00. The number of hydrogen-bond acceptors (Lipinski definition) is 3. The molecule has 1 unspecified atom stereocenters. The van der Waals surface area contributed by atoms with E-state index in [1.165, 1.54) is 0 Å². The van der Waals surface area contributed by atoms with Crippen molar-refractivity contribution in [3.05, 3.63) is 59.1 Å². The molecular weight excluding hydrogens is 222 g/mol. The lowest BCUT2D eigenvalue weighted by Gasteiger charge is -2.16. The Kier molecular flexibility index (Phi) is 3.49. The van der Waals surface area contributed by atoms with Crippen LogP contribution in [0.3, 0.4) is 0 Å². The van der Waals surface area contributed by atoms with Crippen molar-refractivity contribution in [2.24, 2.45) is 0 Å². The van der Waals surface area contributed by atoms with Crippen molar-refractivity contribution in [2.45, 2.75) is 6.04 Å². The fraction of sp³-hybridized carbons (Fsp3) is 0.167. The molecule has 0 aliphatic heterocycles. The molecule has 4 heteroatoms. The Morgan fingerprint density at radius 1 is 1.25 bits per heavy atom. The molecule has 2 aromatic rings. The first-order valence-corrected chi connectivity index (χ1v) is 5.38. The van der Waals surface area contributed by atoms with Crippen molar-refractivity contribution >= 4 is 11.6 Å². The average Bonchev–Trinajstić information content (AvgIpc) is 2.34. The van der Waals surface area contributed by atoms with Crippen LogP contribution in [-0.4, -0.2) is 17.0 Å². The Labute approximate surface area is 99.5 Å². The smallest absolute Gasteiger partial charge is 0.0801 e. The lowest BCUT2D eigenvalue weighted by Crippen LogP contribution is -2.19. The Morgan fingerprint density at radius 3 is 2.69 bits per heavy atom. The third-order valence-electron chi connectivity index (χ3n) is 2.38. The number of benzene rings is 1. The summed E-state index contributed by atoms with van der Waals surface area (Å²) in [5.74, 6) is 0. The molecule has 1 aromatic carbocycles. The monoisotopic (exact) mass is 233 g/mol. The van der Waals surface area contributed by atoms with E-state index in [9.17, 15) is 0 Å². The number of nitrogens with one attached hydrogen (secondary N) is 1. The van der Waals surface area contributed by atoms with Crippen molar-refractivity contribution in [1.29, 1.82) is 0 Å². The van der Waals surface area contributed by atoms with Crippen molar-refractivity contribution in [2.75, 3.05) is 7.05 Å². The highest BCUT2D eigenvalue weighted by atomic mass is 35.5. The quantitative estimate of drug-likeness (QED) is 0.885. The predicted molar refractivity (Wildman–Crippen MR) is 64.4 cm³/mol. The number of aromatic nitrogens is 2. The average molecular weight is 234 g/mol. The number of rotatable bonds is 3. The van der Waals surface area contributed by atoms with E-state index in [1.54, 1.807) is 18.6 Å². The van der Waals surface area contributed by atoms with Crippen LogP contribution in [0.2, 0.25) is 5.02 Å². The van der Waals surface area contributed by atoms with Gasteiger partial charge in [-0.15, -0.1) is 0 Å². The molecule has 0 aliphatic carbocycles. The molecule has 0 fully saturated rings. The first kappa shape index (κ1) is 11.0. The summed E-state index contributed by atoms with van der Waals surface area (Å²) in [7, 11) is 1.88. The van der Waals surface area contributed by atoms with Crippen molar-refractivity contribution in [1.82, 2.24) is 15.3 Å². The first-order chi connectivity index (χ1) is 7.83. The maximum atomic E-state index is 6.16. The SMILES string of the molecule is CNC(c1cnccn1)c1ccccc1Cl. The molecule has 0 radical (unpaired) electrons. The van der Waals surface area contributed by atoms with Gasteiger partial charge in [0.25, 0.3) is 0 Å². The summed E-state index contributed by atoms with van der Waals surface area (Å²) in [5, 5.41) is 3.92. The van der Waals surface area contributed by atoms with Crippen molar-refractivity contribution in [3.8, 4) is 0 Å². The van der Waals surface area contributed by atoms with Crippen LogP contribution in [0.4, 0.5) is 0 Å². The van der Waals surface area contributed by atoms with Gasteiger partial charge in [-0.3, -0.25) is 9.97 Å². The van der Waals surface area contributed by atoms with Gasteiger partial charge < -0.3 is 5.32 Å². The standard InChI is InChI=1S/C12H12ClN3/c1-14-12(11-8-15-6-7-16-11)9-4-2-3-5-10(9)13/h2-8,12,14H,1H3. The van der Waals surface area contributed by atoms with E-state index in [0.717, 1.165) is 16.3 Å². The van der Waals surface area contributed by atoms with Crippen LogP contribution >= 0.6 is 11.6 Å².